The van der Waals surface area contributed by atoms with Crippen LogP contribution in [0.1, 0.15) is 12.5 Å². The van der Waals surface area contributed by atoms with Crippen LogP contribution in [-0.2, 0) is 6.42 Å². The highest BCUT2D eigenvalue weighted by molar-refractivity contribution is 5.33. The summed E-state index contributed by atoms with van der Waals surface area (Å²) in [5.41, 5.74) is 6.93. The quantitative estimate of drug-likeness (QED) is 0.867. The lowest BCUT2D eigenvalue weighted by Crippen LogP contribution is -2.12. The molecule has 0 amide bonds. The summed E-state index contributed by atoms with van der Waals surface area (Å²) in [4.78, 5) is 0. The highest BCUT2D eigenvalue weighted by Gasteiger charge is 2.02. The molecule has 1 unspecified atom stereocenters. The van der Waals surface area contributed by atoms with Gasteiger partial charge in [0.1, 0.15) is 11.5 Å². The summed E-state index contributed by atoms with van der Waals surface area (Å²) in [6, 6.07) is 18.0. The molecule has 2 aromatic carbocycles. The Bertz CT molecular complexity index is 464. The predicted molar refractivity (Wildman–Crippen MR) is 74.9 cm³/mol. The minimum absolute atomic E-state index is 0.519. The zero-order valence-corrected chi connectivity index (χ0v) is 10.7. The summed E-state index contributed by atoms with van der Waals surface area (Å²) in [5.74, 6) is 2.25. The van der Waals surface area contributed by atoms with Crippen LogP contribution in [0, 0.1) is 5.92 Å². The number of benzene rings is 2. The molecular weight excluding hydrogens is 222 g/mol. The molecule has 2 nitrogen and oxygen atoms in total. The molecule has 0 saturated carbocycles. The van der Waals surface area contributed by atoms with Crippen LogP contribution in [0.25, 0.3) is 0 Å². The Morgan fingerprint density at radius 2 is 1.56 bits per heavy atom. The van der Waals surface area contributed by atoms with Crippen molar-refractivity contribution >= 4 is 0 Å². The summed E-state index contributed by atoms with van der Waals surface area (Å²) in [6.45, 7) is 2.89. The van der Waals surface area contributed by atoms with Crippen molar-refractivity contribution in [2.45, 2.75) is 13.3 Å². The summed E-state index contributed by atoms with van der Waals surface area (Å²) in [6.07, 6.45) is 1.02. The van der Waals surface area contributed by atoms with E-state index in [4.69, 9.17) is 10.5 Å². The van der Waals surface area contributed by atoms with E-state index in [1.807, 2.05) is 42.5 Å². The van der Waals surface area contributed by atoms with Crippen LogP contribution in [0.4, 0.5) is 0 Å². The third-order valence-corrected chi connectivity index (χ3v) is 2.89. The second-order valence-electron chi connectivity index (χ2n) is 4.60. The molecule has 0 fully saturated rings. The first kappa shape index (κ1) is 12.7. The van der Waals surface area contributed by atoms with Crippen molar-refractivity contribution < 1.29 is 4.74 Å². The Kier molecular flexibility index (Phi) is 4.37. The predicted octanol–water partition coefficient (Wildman–Crippen LogP) is 3.62. The molecular formula is C16H19NO. The molecule has 0 heterocycles. The zero-order valence-electron chi connectivity index (χ0n) is 10.7. The van der Waals surface area contributed by atoms with E-state index in [1.54, 1.807) is 0 Å². The van der Waals surface area contributed by atoms with Gasteiger partial charge >= 0.3 is 0 Å². The monoisotopic (exact) mass is 241 g/mol. The van der Waals surface area contributed by atoms with Gasteiger partial charge in [-0.15, -0.1) is 0 Å². The maximum atomic E-state index is 5.74. The van der Waals surface area contributed by atoms with Crippen LogP contribution in [0.3, 0.4) is 0 Å². The molecule has 94 valence electrons. The van der Waals surface area contributed by atoms with Crippen molar-refractivity contribution in [3.63, 3.8) is 0 Å². The summed E-state index contributed by atoms with van der Waals surface area (Å²) < 4.78 is 5.74. The largest absolute Gasteiger partial charge is 0.457 e. The molecule has 0 radical (unpaired) electrons. The van der Waals surface area contributed by atoms with Crippen molar-refractivity contribution in [3.8, 4) is 11.5 Å². The van der Waals surface area contributed by atoms with E-state index in [0.717, 1.165) is 24.5 Å². The molecule has 0 bridgehead atoms. The fourth-order valence-electron chi connectivity index (χ4n) is 1.80. The SMILES string of the molecule is CC(CN)Cc1ccc(Oc2ccccc2)cc1. The van der Waals surface area contributed by atoms with Gasteiger partial charge in [0.25, 0.3) is 0 Å². The molecule has 0 spiro atoms. The topological polar surface area (TPSA) is 35.2 Å². The van der Waals surface area contributed by atoms with E-state index in [2.05, 4.69) is 19.1 Å². The molecule has 0 aromatic heterocycles. The standard InChI is InChI=1S/C16H19NO/c1-13(12-17)11-14-7-9-16(10-8-14)18-15-5-3-2-4-6-15/h2-10,13H,11-12,17H2,1H3. The number of hydrogen-bond acceptors (Lipinski definition) is 2. The van der Waals surface area contributed by atoms with Crippen LogP contribution in [0.2, 0.25) is 0 Å². The number of ether oxygens (including phenoxy) is 1. The van der Waals surface area contributed by atoms with Gasteiger partial charge in [0.15, 0.2) is 0 Å². The average molecular weight is 241 g/mol. The van der Waals surface area contributed by atoms with Crippen LogP contribution >= 0.6 is 0 Å². The molecule has 0 aliphatic rings. The van der Waals surface area contributed by atoms with Gasteiger partial charge in [-0.25, -0.2) is 0 Å². The Morgan fingerprint density at radius 1 is 0.944 bits per heavy atom. The van der Waals surface area contributed by atoms with Crippen LogP contribution in [-0.4, -0.2) is 6.54 Å². The first-order valence-electron chi connectivity index (χ1n) is 6.30. The van der Waals surface area contributed by atoms with Crippen molar-refractivity contribution in [1.29, 1.82) is 0 Å². The number of nitrogens with two attached hydrogens (primary N) is 1. The smallest absolute Gasteiger partial charge is 0.127 e. The minimum Gasteiger partial charge on any atom is -0.457 e. The van der Waals surface area contributed by atoms with Gasteiger partial charge < -0.3 is 10.5 Å². The fraction of sp³-hybridized carbons (Fsp3) is 0.250. The highest BCUT2D eigenvalue weighted by Crippen LogP contribution is 2.21. The molecule has 2 N–H and O–H groups in total. The Hall–Kier alpha value is -1.80. The van der Waals surface area contributed by atoms with Crippen LogP contribution < -0.4 is 10.5 Å². The molecule has 1 atom stereocenters. The van der Waals surface area contributed by atoms with Crippen molar-refractivity contribution in [2.24, 2.45) is 11.7 Å². The summed E-state index contributed by atoms with van der Waals surface area (Å²) in [7, 11) is 0. The third-order valence-electron chi connectivity index (χ3n) is 2.89. The number of hydrogen-bond donors (Lipinski definition) is 1. The van der Waals surface area contributed by atoms with E-state index in [0.29, 0.717) is 5.92 Å². The van der Waals surface area contributed by atoms with Gasteiger partial charge in [0.2, 0.25) is 0 Å². The molecule has 2 aromatic rings. The first-order chi connectivity index (χ1) is 8.78. The average Bonchev–Trinajstić information content (AvgIpc) is 2.42. The molecule has 0 aliphatic carbocycles. The van der Waals surface area contributed by atoms with Crippen LogP contribution in [0.15, 0.2) is 54.6 Å². The van der Waals surface area contributed by atoms with E-state index in [1.165, 1.54) is 5.56 Å². The third kappa shape index (κ3) is 3.60. The lowest BCUT2D eigenvalue weighted by molar-refractivity contribution is 0.482. The Labute approximate surface area is 108 Å². The van der Waals surface area contributed by atoms with E-state index < -0.39 is 0 Å². The van der Waals surface area contributed by atoms with Gasteiger partial charge in [-0.2, -0.15) is 0 Å². The lowest BCUT2D eigenvalue weighted by atomic mass is 10.0. The van der Waals surface area contributed by atoms with E-state index >= 15 is 0 Å². The van der Waals surface area contributed by atoms with Crippen molar-refractivity contribution in [1.82, 2.24) is 0 Å². The van der Waals surface area contributed by atoms with E-state index in [9.17, 15) is 0 Å². The van der Waals surface area contributed by atoms with Gasteiger partial charge in [-0.1, -0.05) is 37.3 Å². The van der Waals surface area contributed by atoms with Crippen LogP contribution in [0.5, 0.6) is 11.5 Å². The summed E-state index contributed by atoms with van der Waals surface area (Å²) >= 11 is 0. The number of rotatable bonds is 5. The first-order valence-corrected chi connectivity index (χ1v) is 6.30. The molecule has 0 aliphatic heterocycles. The van der Waals surface area contributed by atoms with Crippen molar-refractivity contribution in [2.75, 3.05) is 6.54 Å². The molecule has 18 heavy (non-hydrogen) atoms. The second kappa shape index (κ2) is 6.22. The number of para-hydroxylation sites is 1. The summed E-state index contributed by atoms with van der Waals surface area (Å²) in [5, 5.41) is 0. The molecule has 2 heteroatoms. The maximum Gasteiger partial charge on any atom is 0.127 e. The Balaban J connectivity index is 2.00. The molecule has 0 saturated heterocycles. The highest BCUT2D eigenvalue weighted by atomic mass is 16.5. The maximum absolute atomic E-state index is 5.74. The lowest BCUT2D eigenvalue weighted by Gasteiger charge is -2.09. The van der Waals surface area contributed by atoms with Crippen molar-refractivity contribution in [3.05, 3.63) is 60.2 Å². The van der Waals surface area contributed by atoms with Gasteiger partial charge in [-0.3, -0.25) is 0 Å². The van der Waals surface area contributed by atoms with Gasteiger partial charge in [0.05, 0.1) is 0 Å². The van der Waals surface area contributed by atoms with Gasteiger partial charge in [-0.05, 0) is 48.7 Å². The zero-order chi connectivity index (χ0) is 12.8. The fourth-order valence-corrected chi connectivity index (χ4v) is 1.80. The minimum atomic E-state index is 0.519. The molecule has 2 rings (SSSR count). The van der Waals surface area contributed by atoms with Gasteiger partial charge in [0, 0.05) is 0 Å². The van der Waals surface area contributed by atoms with E-state index in [-0.39, 0.29) is 0 Å². The Morgan fingerprint density at radius 3 is 2.17 bits per heavy atom. The normalized spacial score (nSPS) is 12.1. The second-order valence-corrected chi connectivity index (χ2v) is 4.60.